The van der Waals surface area contributed by atoms with E-state index in [2.05, 4.69) is 10.5 Å². The fraction of sp³-hybridized carbons (Fsp3) is 0.0769. The van der Waals surface area contributed by atoms with Crippen molar-refractivity contribution in [2.45, 2.75) is 10.7 Å². The van der Waals surface area contributed by atoms with E-state index >= 15 is 0 Å². The molecule has 0 saturated heterocycles. The molecule has 2 aromatic rings. The minimum atomic E-state index is -4.74. The van der Waals surface area contributed by atoms with Gasteiger partial charge < -0.3 is 4.42 Å². The molecule has 0 fully saturated rings. The Labute approximate surface area is 139 Å². The third kappa shape index (κ3) is 4.23. The zero-order valence-corrected chi connectivity index (χ0v) is 12.9. The molecule has 1 aromatic carbocycles. The van der Waals surface area contributed by atoms with Gasteiger partial charge in [0.2, 0.25) is 9.84 Å². The average Bonchev–Trinajstić information content (AvgIpc) is 3.04. The fourth-order valence-corrected chi connectivity index (χ4v) is 2.35. The highest BCUT2D eigenvalue weighted by atomic mass is 32.2. The van der Waals surface area contributed by atoms with Gasteiger partial charge in [-0.3, -0.25) is 14.9 Å². The Hall–Kier alpha value is -3.15. The highest BCUT2D eigenvalue weighted by molar-refractivity contribution is 7.91. The zero-order valence-electron chi connectivity index (χ0n) is 12.1. The number of nitrogens with one attached hydrogen (secondary N) is 1. The molecule has 0 aliphatic heterocycles. The number of hydrogen-bond donors (Lipinski definition) is 1. The number of alkyl halides is 2. The number of hydrazone groups is 1. The predicted octanol–water partition coefficient (Wildman–Crippen LogP) is 1.95. The molecule has 0 aliphatic rings. The second-order valence-electron chi connectivity index (χ2n) is 4.46. The van der Waals surface area contributed by atoms with Gasteiger partial charge in [-0.25, -0.2) is 13.8 Å². The molecule has 132 valence electrons. The quantitative estimate of drug-likeness (QED) is 0.468. The Kier molecular flexibility index (Phi) is 5.22. The Bertz CT molecular complexity index is 921. The van der Waals surface area contributed by atoms with Crippen molar-refractivity contribution >= 4 is 27.8 Å². The molecule has 0 spiro atoms. The van der Waals surface area contributed by atoms with Crippen LogP contribution in [0.4, 0.5) is 14.7 Å². The number of halogens is 2. The number of nitrogens with zero attached hydrogens (tertiary/aromatic N) is 2. The van der Waals surface area contributed by atoms with Crippen LogP contribution in [0.2, 0.25) is 0 Å². The normalized spacial score (nSPS) is 11.8. The van der Waals surface area contributed by atoms with Crippen molar-refractivity contribution in [3.63, 3.8) is 0 Å². The maximum absolute atomic E-state index is 12.4. The molecular weight excluding hydrogens is 364 g/mol. The molecule has 0 bridgehead atoms. The van der Waals surface area contributed by atoms with Crippen molar-refractivity contribution in [1.29, 1.82) is 0 Å². The second kappa shape index (κ2) is 7.17. The molecule has 9 nitrogen and oxygen atoms in total. The van der Waals surface area contributed by atoms with Gasteiger partial charge in [0.25, 0.3) is 5.91 Å². The lowest BCUT2D eigenvalue weighted by Gasteiger charge is -2.04. The van der Waals surface area contributed by atoms with E-state index < -0.39 is 37.2 Å². The summed E-state index contributed by atoms with van der Waals surface area (Å²) in [6.45, 7) is 0. The van der Waals surface area contributed by atoms with Crippen LogP contribution in [-0.2, 0) is 9.84 Å². The average molecular weight is 373 g/mol. The summed E-state index contributed by atoms with van der Waals surface area (Å²) in [5, 5.41) is 13.9. The standard InChI is InChI=1S/C13H9F2N3O6S/c14-13(15)25(22,23)10-4-1-8(2-5-10)12(19)17-16-7-9-3-6-11(24-9)18(20)21/h1-7,13H,(H,17,19)/b16-7-. The van der Waals surface area contributed by atoms with Crippen LogP contribution in [0.5, 0.6) is 0 Å². The molecule has 12 heteroatoms. The maximum atomic E-state index is 12.4. The van der Waals surface area contributed by atoms with Crippen molar-refractivity contribution in [1.82, 2.24) is 5.43 Å². The Morgan fingerprint density at radius 3 is 2.40 bits per heavy atom. The van der Waals surface area contributed by atoms with E-state index in [0.29, 0.717) is 0 Å². The predicted molar refractivity (Wildman–Crippen MR) is 80.1 cm³/mol. The van der Waals surface area contributed by atoms with Gasteiger partial charge in [-0.1, -0.05) is 0 Å². The van der Waals surface area contributed by atoms with E-state index in [-0.39, 0.29) is 11.3 Å². The number of furan rings is 1. The molecule has 1 N–H and O–H groups in total. The van der Waals surface area contributed by atoms with Crippen LogP contribution in [0.15, 0.2) is 50.8 Å². The number of rotatable bonds is 6. The molecule has 2 rings (SSSR count). The SMILES string of the molecule is O=C(N/N=C\c1ccc([N+](=O)[O-])o1)c1ccc(S(=O)(=O)C(F)F)cc1. The van der Waals surface area contributed by atoms with Crippen LogP contribution in [0, 0.1) is 10.1 Å². The van der Waals surface area contributed by atoms with Crippen molar-refractivity contribution in [3.05, 3.63) is 57.8 Å². The maximum Gasteiger partial charge on any atom is 0.433 e. The first-order chi connectivity index (χ1) is 11.7. The van der Waals surface area contributed by atoms with Gasteiger partial charge in [0.05, 0.1) is 17.2 Å². The van der Waals surface area contributed by atoms with Gasteiger partial charge in [-0.15, -0.1) is 0 Å². The molecule has 0 atom stereocenters. The summed E-state index contributed by atoms with van der Waals surface area (Å²) in [6, 6.07) is 6.19. The van der Waals surface area contributed by atoms with E-state index in [1.165, 1.54) is 6.07 Å². The van der Waals surface area contributed by atoms with E-state index in [0.717, 1.165) is 36.5 Å². The number of nitro groups is 1. The third-order valence-electron chi connectivity index (χ3n) is 2.83. The number of carbonyl (C=O) groups is 1. The highest BCUT2D eigenvalue weighted by Gasteiger charge is 2.26. The van der Waals surface area contributed by atoms with Gasteiger partial charge >= 0.3 is 11.6 Å². The number of amides is 1. The lowest BCUT2D eigenvalue weighted by atomic mass is 10.2. The molecule has 25 heavy (non-hydrogen) atoms. The highest BCUT2D eigenvalue weighted by Crippen LogP contribution is 2.18. The van der Waals surface area contributed by atoms with Gasteiger partial charge in [0.1, 0.15) is 4.92 Å². The van der Waals surface area contributed by atoms with Crippen LogP contribution >= 0.6 is 0 Å². The number of carbonyl (C=O) groups excluding carboxylic acids is 1. The number of sulfone groups is 1. The van der Waals surface area contributed by atoms with Crippen LogP contribution in [0.3, 0.4) is 0 Å². The first-order valence-corrected chi connectivity index (χ1v) is 7.96. The summed E-state index contributed by atoms with van der Waals surface area (Å²) in [7, 11) is -4.74. The molecular formula is C13H9F2N3O6S. The zero-order chi connectivity index (χ0) is 18.6. The van der Waals surface area contributed by atoms with E-state index in [4.69, 9.17) is 4.42 Å². The van der Waals surface area contributed by atoms with E-state index in [1.807, 2.05) is 0 Å². The fourth-order valence-electron chi connectivity index (χ4n) is 1.63. The van der Waals surface area contributed by atoms with Gasteiger partial charge in [0, 0.05) is 5.56 Å². The summed E-state index contributed by atoms with van der Waals surface area (Å²) in [5.74, 6) is -4.79. The third-order valence-corrected chi connectivity index (χ3v) is 4.23. The molecule has 0 aliphatic carbocycles. The minimum absolute atomic E-state index is 0.0189. The van der Waals surface area contributed by atoms with Gasteiger partial charge in [0.15, 0.2) is 5.76 Å². The van der Waals surface area contributed by atoms with Crippen molar-refractivity contribution in [3.8, 4) is 0 Å². The molecule has 1 heterocycles. The summed E-state index contributed by atoms with van der Waals surface area (Å²) >= 11 is 0. The summed E-state index contributed by atoms with van der Waals surface area (Å²) in [6.07, 6.45) is 1.01. The Morgan fingerprint density at radius 2 is 1.88 bits per heavy atom. The van der Waals surface area contributed by atoms with Crippen LogP contribution in [0.1, 0.15) is 16.1 Å². The Balaban J connectivity index is 2.03. The molecule has 1 amide bonds. The largest absolute Gasteiger partial charge is 0.433 e. The second-order valence-corrected chi connectivity index (χ2v) is 6.38. The van der Waals surface area contributed by atoms with Gasteiger partial charge in [-0.05, 0) is 30.3 Å². The van der Waals surface area contributed by atoms with Crippen molar-refractivity contribution in [2.24, 2.45) is 5.10 Å². The smallest absolute Gasteiger partial charge is 0.400 e. The minimum Gasteiger partial charge on any atom is -0.400 e. The molecule has 1 aromatic heterocycles. The summed E-state index contributed by atoms with van der Waals surface area (Å²) in [4.78, 5) is 20.8. The Morgan fingerprint density at radius 1 is 1.24 bits per heavy atom. The van der Waals surface area contributed by atoms with E-state index in [1.54, 1.807) is 0 Å². The molecule has 0 radical (unpaired) electrons. The number of hydrogen-bond acceptors (Lipinski definition) is 7. The van der Waals surface area contributed by atoms with Crippen molar-refractivity contribution in [2.75, 3.05) is 0 Å². The lowest BCUT2D eigenvalue weighted by molar-refractivity contribution is -0.402. The van der Waals surface area contributed by atoms with Crippen molar-refractivity contribution < 1.29 is 31.3 Å². The molecule has 0 unspecified atom stereocenters. The van der Waals surface area contributed by atoms with Crippen LogP contribution in [0.25, 0.3) is 0 Å². The summed E-state index contributed by atoms with van der Waals surface area (Å²) < 4.78 is 52.1. The van der Waals surface area contributed by atoms with Crippen LogP contribution < -0.4 is 5.43 Å². The monoisotopic (exact) mass is 373 g/mol. The topological polar surface area (TPSA) is 132 Å². The van der Waals surface area contributed by atoms with Gasteiger partial charge in [-0.2, -0.15) is 13.9 Å². The summed E-state index contributed by atoms with van der Waals surface area (Å²) in [5.41, 5.74) is 2.04. The lowest BCUT2D eigenvalue weighted by Crippen LogP contribution is -2.18. The van der Waals surface area contributed by atoms with E-state index in [9.17, 15) is 32.1 Å². The van der Waals surface area contributed by atoms with Crippen LogP contribution in [-0.4, -0.2) is 31.2 Å². The first kappa shape index (κ1) is 18.2. The first-order valence-electron chi connectivity index (χ1n) is 6.41. The number of benzene rings is 1. The molecule has 0 saturated carbocycles.